The van der Waals surface area contributed by atoms with Gasteiger partial charge >= 0.3 is 0 Å². The van der Waals surface area contributed by atoms with Crippen molar-refractivity contribution in [3.8, 4) is 0 Å². The molecule has 1 radical (unpaired) electrons. The Kier molecular flexibility index (Phi) is 4.04. The predicted molar refractivity (Wildman–Crippen MR) is 114 cm³/mol. The molecule has 0 spiro atoms. The van der Waals surface area contributed by atoms with Crippen LogP contribution < -0.4 is 10.2 Å². The topological polar surface area (TPSA) is 51.4 Å². The van der Waals surface area contributed by atoms with Gasteiger partial charge in [0.2, 0.25) is 0 Å². The Hall–Kier alpha value is -2.95. The summed E-state index contributed by atoms with van der Waals surface area (Å²) < 4.78 is 0. The van der Waals surface area contributed by atoms with Crippen molar-refractivity contribution in [3.63, 3.8) is 0 Å². The van der Waals surface area contributed by atoms with Crippen LogP contribution in [0.4, 0.5) is 11.4 Å². The molecule has 0 aliphatic carbocycles. The fourth-order valence-electron chi connectivity index (χ4n) is 4.46. The number of rotatable bonds is 2. The fraction of sp³-hybridized carbons (Fsp3) is 0.304. The minimum Gasteiger partial charge on any atom is -0.360 e. The van der Waals surface area contributed by atoms with Gasteiger partial charge in [0.15, 0.2) is 0 Å². The quantitative estimate of drug-likeness (QED) is 0.698. The molecule has 0 saturated carbocycles. The summed E-state index contributed by atoms with van der Waals surface area (Å²) in [5, 5.41) is 4.49. The van der Waals surface area contributed by atoms with E-state index in [1.54, 1.807) is 0 Å². The number of piperidine rings is 1. The van der Waals surface area contributed by atoms with Crippen LogP contribution in [0.3, 0.4) is 0 Å². The third-order valence-corrected chi connectivity index (χ3v) is 6.14. The summed E-state index contributed by atoms with van der Waals surface area (Å²) >= 11 is 0. The lowest BCUT2D eigenvalue weighted by Crippen LogP contribution is -2.45. The van der Waals surface area contributed by atoms with Crippen LogP contribution in [0, 0.1) is 20.5 Å². The number of aryl methyl sites for hydroxylation is 2. The number of aromatic amines is 1. The van der Waals surface area contributed by atoms with Gasteiger partial charge in [0.25, 0.3) is 5.91 Å². The third kappa shape index (κ3) is 2.73. The zero-order valence-electron chi connectivity index (χ0n) is 16.3. The van der Waals surface area contributed by atoms with Crippen LogP contribution >= 0.6 is 0 Å². The minimum atomic E-state index is 0.109. The van der Waals surface area contributed by atoms with Gasteiger partial charge in [-0.3, -0.25) is 4.79 Å². The van der Waals surface area contributed by atoms with Crippen molar-refractivity contribution in [2.24, 2.45) is 0 Å². The molecule has 1 fully saturated rings. The minimum absolute atomic E-state index is 0.109. The average molecular weight is 373 g/mol. The van der Waals surface area contributed by atoms with Gasteiger partial charge in [-0.15, -0.1) is 0 Å². The lowest BCUT2D eigenvalue weighted by Gasteiger charge is -2.37. The summed E-state index contributed by atoms with van der Waals surface area (Å²) in [5.41, 5.74) is 6.54. The van der Waals surface area contributed by atoms with E-state index in [1.807, 2.05) is 17.0 Å². The summed E-state index contributed by atoms with van der Waals surface area (Å²) in [7, 11) is 0. The van der Waals surface area contributed by atoms with E-state index in [1.165, 1.54) is 16.8 Å². The molecule has 3 aromatic rings. The number of aromatic nitrogens is 1. The van der Waals surface area contributed by atoms with Crippen molar-refractivity contribution >= 4 is 28.2 Å². The Morgan fingerprint density at radius 1 is 1.04 bits per heavy atom. The molecule has 5 heteroatoms. The van der Waals surface area contributed by atoms with Crippen LogP contribution in [0.2, 0.25) is 0 Å². The molecular formula is C23H25N4O. The smallest absolute Gasteiger partial charge is 0.270 e. The Balaban J connectivity index is 1.30. The van der Waals surface area contributed by atoms with Gasteiger partial charge in [-0.2, -0.15) is 0 Å². The highest BCUT2D eigenvalue weighted by Crippen LogP contribution is 2.36. The van der Waals surface area contributed by atoms with Gasteiger partial charge in [-0.05, 0) is 56.0 Å². The van der Waals surface area contributed by atoms with E-state index in [0.717, 1.165) is 42.5 Å². The van der Waals surface area contributed by atoms with Crippen molar-refractivity contribution in [2.45, 2.75) is 32.7 Å². The second-order valence-electron chi connectivity index (χ2n) is 7.89. The van der Waals surface area contributed by atoms with E-state index < -0.39 is 0 Å². The summed E-state index contributed by atoms with van der Waals surface area (Å²) in [6.07, 6.45) is 1.94. The summed E-state index contributed by atoms with van der Waals surface area (Å²) in [4.78, 5) is 20.8. The van der Waals surface area contributed by atoms with Crippen molar-refractivity contribution in [1.82, 2.24) is 9.88 Å². The molecule has 3 heterocycles. The first kappa shape index (κ1) is 17.2. The number of amides is 1. The Bertz CT molecular complexity index is 1010. The normalized spacial score (nSPS) is 17.1. The molecule has 28 heavy (non-hydrogen) atoms. The van der Waals surface area contributed by atoms with E-state index in [4.69, 9.17) is 0 Å². The van der Waals surface area contributed by atoms with E-state index in [-0.39, 0.29) is 5.91 Å². The van der Waals surface area contributed by atoms with Gasteiger partial charge in [0, 0.05) is 30.0 Å². The van der Waals surface area contributed by atoms with Gasteiger partial charge < -0.3 is 20.1 Å². The van der Waals surface area contributed by atoms with Crippen LogP contribution in [0.25, 0.3) is 10.9 Å². The van der Waals surface area contributed by atoms with Crippen LogP contribution in [-0.4, -0.2) is 34.9 Å². The molecule has 2 aliphatic heterocycles. The van der Waals surface area contributed by atoms with Crippen molar-refractivity contribution in [2.75, 3.05) is 23.3 Å². The number of nitrogens with one attached hydrogen (secondary N) is 2. The van der Waals surface area contributed by atoms with Crippen LogP contribution in [0.5, 0.6) is 0 Å². The van der Waals surface area contributed by atoms with Crippen LogP contribution in [0.15, 0.2) is 42.5 Å². The number of carbonyl (C=O) groups excluding carboxylic acids is 1. The maximum Gasteiger partial charge on any atom is 0.270 e. The van der Waals surface area contributed by atoms with E-state index >= 15 is 0 Å². The predicted octanol–water partition coefficient (Wildman–Crippen LogP) is 4.44. The zero-order valence-corrected chi connectivity index (χ0v) is 16.3. The number of hydrogen-bond acceptors (Lipinski definition) is 3. The Morgan fingerprint density at radius 2 is 1.79 bits per heavy atom. The second-order valence-corrected chi connectivity index (χ2v) is 7.89. The molecule has 1 amide bonds. The van der Waals surface area contributed by atoms with Crippen molar-refractivity contribution in [1.29, 1.82) is 0 Å². The fourth-order valence-corrected chi connectivity index (χ4v) is 4.46. The van der Waals surface area contributed by atoms with Gasteiger partial charge in [-0.1, -0.05) is 24.3 Å². The number of benzene rings is 2. The second kappa shape index (κ2) is 6.59. The lowest BCUT2D eigenvalue weighted by molar-refractivity contribution is 0.0709. The number of H-pyrrole nitrogens is 1. The molecule has 2 aliphatic rings. The first-order valence-corrected chi connectivity index (χ1v) is 9.97. The highest BCUT2D eigenvalue weighted by Gasteiger charge is 2.31. The molecule has 0 bridgehead atoms. The number of fused-ring (bicyclic) bond motifs is 2. The molecule has 1 aromatic heterocycles. The SMILES string of the molecule is Cc1ccc(C)c2[nH]c(C(=O)N3CCC(N4[CH]Nc5ccccc54)CC3)cc12. The molecule has 5 rings (SSSR count). The number of para-hydroxylation sites is 2. The van der Waals surface area contributed by atoms with Crippen LogP contribution in [0.1, 0.15) is 34.5 Å². The van der Waals surface area contributed by atoms with Gasteiger partial charge in [0.05, 0.1) is 11.4 Å². The largest absolute Gasteiger partial charge is 0.360 e. The maximum atomic E-state index is 13.1. The zero-order chi connectivity index (χ0) is 19.3. The van der Waals surface area contributed by atoms with E-state index in [2.05, 4.69) is 66.0 Å². The number of carbonyl (C=O) groups is 1. The van der Waals surface area contributed by atoms with Crippen molar-refractivity contribution < 1.29 is 4.79 Å². The first-order chi connectivity index (χ1) is 13.6. The molecule has 2 N–H and O–H groups in total. The van der Waals surface area contributed by atoms with Gasteiger partial charge in [0.1, 0.15) is 12.4 Å². The summed E-state index contributed by atoms with van der Waals surface area (Å²) in [6, 6.07) is 15.0. The first-order valence-electron chi connectivity index (χ1n) is 9.97. The molecule has 2 aromatic carbocycles. The molecular weight excluding hydrogens is 348 g/mol. The number of hydrogen-bond donors (Lipinski definition) is 2. The number of anilines is 2. The number of likely N-dealkylation sites (tertiary alicyclic amines) is 1. The molecule has 1 saturated heterocycles. The molecule has 0 atom stereocenters. The summed E-state index contributed by atoms with van der Waals surface area (Å²) in [6.45, 7) is 7.80. The monoisotopic (exact) mass is 373 g/mol. The Morgan fingerprint density at radius 3 is 2.57 bits per heavy atom. The molecule has 143 valence electrons. The third-order valence-electron chi connectivity index (χ3n) is 6.14. The standard InChI is InChI=1S/C23H25N4O/c1-15-7-8-16(2)22-18(15)13-20(25-22)23(28)26-11-9-17(10-12-26)27-14-24-19-5-3-4-6-21(19)27/h3-8,13-14,17,24-25H,9-12H2,1-2H3. The lowest BCUT2D eigenvalue weighted by atomic mass is 10.0. The molecule has 0 unspecified atom stereocenters. The maximum absolute atomic E-state index is 13.1. The van der Waals surface area contributed by atoms with Gasteiger partial charge in [-0.25, -0.2) is 0 Å². The van der Waals surface area contributed by atoms with Crippen molar-refractivity contribution in [3.05, 3.63) is 66.0 Å². The van der Waals surface area contributed by atoms with Crippen LogP contribution in [-0.2, 0) is 0 Å². The average Bonchev–Trinajstić information content (AvgIpc) is 3.36. The summed E-state index contributed by atoms with van der Waals surface area (Å²) in [5.74, 6) is 0.109. The highest BCUT2D eigenvalue weighted by atomic mass is 16.2. The van der Waals surface area contributed by atoms with E-state index in [0.29, 0.717) is 11.7 Å². The Labute approximate surface area is 165 Å². The molecule has 5 nitrogen and oxygen atoms in total. The number of nitrogens with zero attached hydrogens (tertiary/aromatic N) is 2. The van der Waals surface area contributed by atoms with E-state index in [9.17, 15) is 4.79 Å². The highest BCUT2D eigenvalue weighted by molar-refractivity contribution is 5.99.